The third-order valence-electron chi connectivity index (χ3n) is 1.75. The maximum atomic E-state index is 3.08. The van der Waals surface area contributed by atoms with E-state index < -0.39 is 0 Å². The van der Waals surface area contributed by atoms with Gasteiger partial charge in [-0.15, -0.1) is 0 Å². The maximum absolute atomic E-state index is 3.08. The molecule has 0 spiro atoms. The monoisotopic (exact) mass is 137 g/mol. The summed E-state index contributed by atoms with van der Waals surface area (Å²) in [5.74, 6) is 0. The Morgan fingerprint density at radius 1 is 1.50 bits per heavy atom. The third-order valence-corrected chi connectivity index (χ3v) is 1.75. The van der Waals surface area contributed by atoms with Crippen LogP contribution < -0.4 is 11.0 Å². The number of fused-ring (bicyclic) bond motifs is 1. The minimum atomic E-state index is 0.913. The van der Waals surface area contributed by atoms with Gasteiger partial charge in [0.1, 0.15) is 0 Å². The van der Waals surface area contributed by atoms with Crippen LogP contribution in [0.2, 0.25) is 0 Å². The van der Waals surface area contributed by atoms with Gasteiger partial charge in [0.15, 0.2) is 0 Å². The second-order valence-electron chi connectivity index (χ2n) is 2.46. The van der Waals surface area contributed by atoms with Crippen LogP contribution in [0.1, 0.15) is 6.42 Å². The minimum Gasteiger partial charge on any atom is -0.295 e. The van der Waals surface area contributed by atoms with Gasteiger partial charge in [0.25, 0.3) is 0 Å². The van der Waals surface area contributed by atoms with Crippen molar-refractivity contribution in [2.45, 2.75) is 6.42 Å². The second-order valence-corrected chi connectivity index (χ2v) is 2.46. The van der Waals surface area contributed by atoms with E-state index in [9.17, 15) is 0 Å². The standard InChI is InChI=1S/C7H11N3/c1-2-6-10-7(3-1)4-5-8-9-10/h1,3-4,8-9H,2,5-6H2. The summed E-state index contributed by atoms with van der Waals surface area (Å²) in [6, 6.07) is 0. The van der Waals surface area contributed by atoms with Crippen LogP contribution >= 0.6 is 0 Å². The molecule has 2 N–H and O–H groups in total. The molecule has 0 aromatic rings. The molecule has 0 aliphatic carbocycles. The van der Waals surface area contributed by atoms with E-state index in [1.54, 1.807) is 0 Å². The van der Waals surface area contributed by atoms with Gasteiger partial charge in [-0.1, -0.05) is 6.08 Å². The fourth-order valence-corrected chi connectivity index (χ4v) is 1.22. The van der Waals surface area contributed by atoms with Crippen LogP contribution in [0.3, 0.4) is 0 Å². The Balaban J connectivity index is 2.21. The zero-order valence-corrected chi connectivity index (χ0v) is 5.80. The second kappa shape index (κ2) is 2.44. The van der Waals surface area contributed by atoms with Crippen molar-refractivity contribution in [3.63, 3.8) is 0 Å². The lowest BCUT2D eigenvalue weighted by molar-refractivity contribution is 0.197. The molecule has 0 saturated carbocycles. The van der Waals surface area contributed by atoms with Gasteiger partial charge in [-0.3, -0.25) is 5.01 Å². The van der Waals surface area contributed by atoms with Gasteiger partial charge in [-0.25, -0.2) is 5.43 Å². The van der Waals surface area contributed by atoms with E-state index in [2.05, 4.69) is 34.2 Å². The quantitative estimate of drug-likeness (QED) is 0.498. The minimum absolute atomic E-state index is 0.913. The molecule has 3 heteroatoms. The zero-order chi connectivity index (χ0) is 6.81. The number of rotatable bonds is 0. The van der Waals surface area contributed by atoms with Gasteiger partial charge in [-0.05, 0) is 18.6 Å². The molecule has 0 atom stereocenters. The van der Waals surface area contributed by atoms with E-state index in [-0.39, 0.29) is 0 Å². The smallest absolute Gasteiger partial charge is 0.0503 e. The molecule has 54 valence electrons. The van der Waals surface area contributed by atoms with Crippen molar-refractivity contribution >= 4 is 0 Å². The Kier molecular flexibility index (Phi) is 1.45. The van der Waals surface area contributed by atoms with Crippen LogP contribution in [0, 0.1) is 0 Å². The Bertz CT molecular complexity index is 183. The van der Waals surface area contributed by atoms with Crippen molar-refractivity contribution in [1.29, 1.82) is 0 Å². The highest BCUT2D eigenvalue weighted by Crippen LogP contribution is 2.11. The van der Waals surface area contributed by atoms with Crippen molar-refractivity contribution in [3.8, 4) is 0 Å². The highest BCUT2D eigenvalue weighted by Gasteiger charge is 2.11. The molecule has 0 saturated heterocycles. The first-order valence-electron chi connectivity index (χ1n) is 3.59. The molecule has 0 fully saturated rings. The summed E-state index contributed by atoms with van der Waals surface area (Å²) in [6.07, 6.45) is 7.66. The molecule has 0 bridgehead atoms. The summed E-state index contributed by atoms with van der Waals surface area (Å²) in [5.41, 5.74) is 7.42. The maximum Gasteiger partial charge on any atom is 0.0503 e. The largest absolute Gasteiger partial charge is 0.295 e. The van der Waals surface area contributed by atoms with E-state index >= 15 is 0 Å². The van der Waals surface area contributed by atoms with Crippen molar-refractivity contribution in [3.05, 3.63) is 23.9 Å². The SMILES string of the molecule is C1=CC2=CCNNN2CC1. The van der Waals surface area contributed by atoms with Gasteiger partial charge in [0, 0.05) is 13.1 Å². The molecule has 2 heterocycles. The first kappa shape index (κ1) is 5.95. The first-order valence-corrected chi connectivity index (χ1v) is 3.59. The van der Waals surface area contributed by atoms with Crippen LogP contribution in [0.5, 0.6) is 0 Å². The lowest BCUT2D eigenvalue weighted by Crippen LogP contribution is -2.50. The lowest BCUT2D eigenvalue weighted by atomic mass is 10.2. The molecule has 0 radical (unpaired) electrons. The van der Waals surface area contributed by atoms with Crippen molar-refractivity contribution in [2.75, 3.05) is 13.1 Å². The fraction of sp³-hybridized carbons (Fsp3) is 0.429. The number of nitrogens with zero attached hydrogens (tertiary/aromatic N) is 1. The molecule has 2 rings (SSSR count). The van der Waals surface area contributed by atoms with Crippen LogP contribution in [0.4, 0.5) is 0 Å². The number of hydrazine groups is 2. The van der Waals surface area contributed by atoms with Crippen LogP contribution in [0.25, 0.3) is 0 Å². The number of hydrogen-bond acceptors (Lipinski definition) is 3. The zero-order valence-electron chi connectivity index (χ0n) is 5.80. The molecule has 0 aromatic heterocycles. The summed E-state index contributed by atoms with van der Waals surface area (Å²) in [6.45, 7) is 1.98. The molecule has 2 aliphatic rings. The summed E-state index contributed by atoms with van der Waals surface area (Å²) in [4.78, 5) is 0. The highest BCUT2D eigenvalue weighted by molar-refractivity contribution is 5.21. The van der Waals surface area contributed by atoms with Gasteiger partial charge in [0.05, 0.1) is 5.70 Å². The molecule has 0 amide bonds. The topological polar surface area (TPSA) is 27.3 Å². The summed E-state index contributed by atoms with van der Waals surface area (Å²) >= 11 is 0. The van der Waals surface area contributed by atoms with E-state index in [4.69, 9.17) is 0 Å². The van der Waals surface area contributed by atoms with Gasteiger partial charge in [0.2, 0.25) is 0 Å². The Labute approximate surface area is 60.3 Å². The summed E-state index contributed by atoms with van der Waals surface area (Å²) < 4.78 is 0. The molecule has 0 unspecified atom stereocenters. The van der Waals surface area contributed by atoms with Crippen LogP contribution in [-0.4, -0.2) is 18.1 Å². The van der Waals surface area contributed by atoms with Crippen LogP contribution in [-0.2, 0) is 0 Å². The van der Waals surface area contributed by atoms with E-state index in [0.717, 1.165) is 19.5 Å². The Morgan fingerprint density at radius 3 is 3.40 bits per heavy atom. The highest BCUT2D eigenvalue weighted by atomic mass is 15.7. The average molecular weight is 137 g/mol. The van der Waals surface area contributed by atoms with E-state index in [0.29, 0.717) is 0 Å². The van der Waals surface area contributed by atoms with Crippen molar-refractivity contribution in [1.82, 2.24) is 16.0 Å². The van der Waals surface area contributed by atoms with E-state index in [1.165, 1.54) is 5.70 Å². The molecular weight excluding hydrogens is 126 g/mol. The van der Waals surface area contributed by atoms with Gasteiger partial charge < -0.3 is 0 Å². The van der Waals surface area contributed by atoms with Gasteiger partial charge >= 0.3 is 0 Å². The molecule has 2 aliphatic heterocycles. The molecule has 10 heavy (non-hydrogen) atoms. The van der Waals surface area contributed by atoms with Crippen LogP contribution in [0.15, 0.2) is 23.9 Å². The number of hydrogen-bond donors (Lipinski definition) is 2. The third kappa shape index (κ3) is 0.936. The van der Waals surface area contributed by atoms with Crippen molar-refractivity contribution < 1.29 is 0 Å². The van der Waals surface area contributed by atoms with Crippen molar-refractivity contribution in [2.24, 2.45) is 0 Å². The average Bonchev–Trinajstić information content (AvgIpc) is 2.05. The lowest BCUT2D eigenvalue weighted by Gasteiger charge is -2.31. The van der Waals surface area contributed by atoms with Gasteiger partial charge in [-0.2, -0.15) is 5.53 Å². The van der Waals surface area contributed by atoms with E-state index in [1.807, 2.05) is 0 Å². The fourth-order valence-electron chi connectivity index (χ4n) is 1.22. The number of allylic oxidation sites excluding steroid dienone is 1. The number of nitrogens with one attached hydrogen (secondary N) is 2. The predicted octanol–water partition coefficient (Wildman–Crippen LogP) is 0.155. The Hall–Kier alpha value is -0.800. The Morgan fingerprint density at radius 2 is 2.50 bits per heavy atom. The summed E-state index contributed by atoms with van der Waals surface area (Å²) in [7, 11) is 0. The first-order chi connectivity index (χ1) is 4.97. The molecular formula is C7H11N3. The predicted molar refractivity (Wildman–Crippen MR) is 39.7 cm³/mol. The molecule has 3 nitrogen and oxygen atoms in total. The normalized spacial score (nSPS) is 24.0. The molecule has 0 aromatic carbocycles. The summed E-state index contributed by atoms with van der Waals surface area (Å²) in [5, 5.41) is 2.11.